The number of hydrogen-bond acceptors (Lipinski definition) is 4. The topological polar surface area (TPSA) is 54.2 Å². The lowest BCUT2D eigenvalue weighted by atomic mass is 10.0. The molecule has 3 heterocycles. The van der Waals surface area contributed by atoms with Crippen molar-refractivity contribution in [2.45, 2.75) is 25.8 Å². The molecule has 0 bridgehead atoms. The van der Waals surface area contributed by atoms with Crippen LogP contribution in [0.15, 0.2) is 18.3 Å². The van der Waals surface area contributed by atoms with Crippen molar-refractivity contribution in [2.75, 3.05) is 26.7 Å². The summed E-state index contributed by atoms with van der Waals surface area (Å²) < 4.78 is 2.18. The second-order valence-electron chi connectivity index (χ2n) is 5.72. The third kappa shape index (κ3) is 2.69. The highest BCUT2D eigenvalue weighted by Crippen LogP contribution is 2.22. The van der Waals surface area contributed by atoms with E-state index in [1.807, 2.05) is 18.3 Å². The number of aromatic nitrogens is 3. The van der Waals surface area contributed by atoms with Crippen LogP contribution in [0.4, 0.5) is 0 Å². The third-order valence-electron chi connectivity index (χ3n) is 4.08. The molecule has 1 aliphatic rings. The Morgan fingerprint density at radius 1 is 1.45 bits per heavy atom. The minimum absolute atomic E-state index is 0.206. The van der Waals surface area contributed by atoms with Crippen molar-refractivity contribution in [3.8, 4) is 0 Å². The van der Waals surface area contributed by atoms with Gasteiger partial charge in [0.05, 0.1) is 0 Å². The highest BCUT2D eigenvalue weighted by Gasteiger charge is 2.22. The summed E-state index contributed by atoms with van der Waals surface area (Å²) in [7, 11) is 2.18. The van der Waals surface area contributed by atoms with E-state index in [4.69, 9.17) is 10.1 Å². The largest absolute Gasteiger partial charge is 0.396 e. The van der Waals surface area contributed by atoms with Crippen molar-refractivity contribution in [1.29, 1.82) is 0 Å². The van der Waals surface area contributed by atoms with Gasteiger partial charge in [0.25, 0.3) is 0 Å². The average Bonchev–Trinajstić information content (AvgIpc) is 3.00. The standard InChI is InChI=1S/C15H22N4O/c1-18-8-5-12(11-18)10-14-17-13-4-2-6-16-15(13)19(14)7-3-9-20/h2,4,6,12,20H,3,5,7-11H2,1H3. The highest BCUT2D eigenvalue weighted by molar-refractivity contribution is 5.71. The summed E-state index contributed by atoms with van der Waals surface area (Å²) in [6.45, 7) is 3.33. The van der Waals surface area contributed by atoms with E-state index in [9.17, 15) is 0 Å². The first-order valence-electron chi connectivity index (χ1n) is 7.37. The number of imidazole rings is 1. The van der Waals surface area contributed by atoms with Gasteiger partial charge in [0.2, 0.25) is 0 Å². The van der Waals surface area contributed by atoms with Crippen LogP contribution in [0.5, 0.6) is 0 Å². The summed E-state index contributed by atoms with van der Waals surface area (Å²) in [4.78, 5) is 11.6. The molecule has 1 unspecified atom stereocenters. The Morgan fingerprint density at radius 2 is 2.35 bits per heavy atom. The summed E-state index contributed by atoms with van der Waals surface area (Å²) in [6.07, 6.45) is 4.81. The van der Waals surface area contributed by atoms with Gasteiger partial charge in [-0.3, -0.25) is 0 Å². The molecule has 108 valence electrons. The average molecular weight is 274 g/mol. The number of aliphatic hydroxyl groups is 1. The van der Waals surface area contributed by atoms with Crippen molar-refractivity contribution in [1.82, 2.24) is 19.4 Å². The van der Waals surface area contributed by atoms with Crippen molar-refractivity contribution < 1.29 is 5.11 Å². The predicted octanol–water partition coefficient (Wildman–Crippen LogP) is 1.31. The quantitative estimate of drug-likeness (QED) is 0.893. The lowest BCUT2D eigenvalue weighted by molar-refractivity contribution is 0.279. The Bertz CT molecular complexity index is 580. The summed E-state index contributed by atoms with van der Waals surface area (Å²) in [5, 5.41) is 9.09. The van der Waals surface area contributed by atoms with Crippen molar-refractivity contribution in [3.05, 3.63) is 24.2 Å². The molecule has 1 aliphatic heterocycles. The first-order chi connectivity index (χ1) is 9.78. The second-order valence-corrected chi connectivity index (χ2v) is 5.72. The normalized spacial score (nSPS) is 20.0. The molecule has 0 amide bonds. The number of fused-ring (bicyclic) bond motifs is 1. The molecule has 2 aromatic rings. The van der Waals surface area contributed by atoms with Crippen LogP contribution in [0.2, 0.25) is 0 Å². The Labute approximate surface area is 119 Å². The smallest absolute Gasteiger partial charge is 0.159 e. The van der Waals surface area contributed by atoms with E-state index >= 15 is 0 Å². The lowest BCUT2D eigenvalue weighted by Crippen LogP contribution is -2.16. The van der Waals surface area contributed by atoms with Crippen LogP contribution in [-0.2, 0) is 13.0 Å². The van der Waals surface area contributed by atoms with Crippen LogP contribution in [0, 0.1) is 5.92 Å². The molecule has 20 heavy (non-hydrogen) atoms. The molecule has 1 N–H and O–H groups in total. The van der Waals surface area contributed by atoms with Crippen LogP contribution in [0.1, 0.15) is 18.7 Å². The number of hydrogen-bond donors (Lipinski definition) is 1. The van der Waals surface area contributed by atoms with E-state index in [2.05, 4.69) is 21.5 Å². The second kappa shape index (κ2) is 5.89. The van der Waals surface area contributed by atoms with Crippen LogP contribution in [-0.4, -0.2) is 51.3 Å². The van der Waals surface area contributed by atoms with Gasteiger partial charge in [-0.2, -0.15) is 0 Å². The van der Waals surface area contributed by atoms with Gasteiger partial charge in [-0.25, -0.2) is 9.97 Å². The summed E-state index contributed by atoms with van der Waals surface area (Å²) >= 11 is 0. The molecule has 2 aromatic heterocycles. The first kappa shape index (κ1) is 13.5. The fourth-order valence-corrected chi connectivity index (χ4v) is 3.08. The van der Waals surface area contributed by atoms with Gasteiger partial charge in [-0.15, -0.1) is 0 Å². The molecular weight excluding hydrogens is 252 g/mol. The zero-order chi connectivity index (χ0) is 13.9. The first-order valence-corrected chi connectivity index (χ1v) is 7.37. The maximum absolute atomic E-state index is 9.09. The predicted molar refractivity (Wildman–Crippen MR) is 78.5 cm³/mol. The maximum Gasteiger partial charge on any atom is 0.159 e. The molecule has 1 fully saturated rings. The van der Waals surface area contributed by atoms with Crippen LogP contribution < -0.4 is 0 Å². The van der Waals surface area contributed by atoms with E-state index in [0.717, 1.165) is 42.9 Å². The molecule has 0 spiro atoms. The van der Waals surface area contributed by atoms with Gasteiger partial charge in [-0.05, 0) is 44.5 Å². The summed E-state index contributed by atoms with van der Waals surface area (Å²) in [5.74, 6) is 1.80. The van der Waals surface area contributed by atoms with Gasteiger partial charge in [0.15, 0.2) is 5.65 Å². The number of likely N-dealkylation sites (tertiary alicyclic amines) is 1. The lowest BCUT2D eigenvalue weighted by Gasteiger charge is -2.12. The molecular formula is C15H22N4O. The number of nitrogens with zero attached hydrogens (tertiary/aromatic N) is 4. The summed E-state index contributed by atoms with van der Waals surface area (Å²) in [6, 6.07) is 3.95. The van der Waals surface area contributed by atoms with Gasteiger partial charge >= 0.3 is 0 Å². The van der Waals surface area contributed by atoms with Crippen LogP contribution in [0.25, 0.3) is 11.2 Å². The molecule has 0 aromatic carbocycles. The zero-order valence-corrected chi connectivity index (χ0v) is 12.0. The van der Waals surface area contributed by atoms with E-state index < -0.39 is 0 Å². The summed E-state index contributed by atoms with van der Waals surface area (Å²) in [5.41, 5.74) is 1.91. The molecule has 1 saturated heterocycles. The van der Waals surface area contributed by atoms with Crippen molar-refractivity contribution in [3.63, 3.8) is 0 Å². The van der Waals surface area contributed by atoms with Crippen molar-refractivity contribution in [2.24, 2.45) is 5.92 Å². The third-order valence-corrected chi connectivity index (χ3v) is 4.08. The van der Waals surface area contributed by atoms with E-state index in [1.165, 1.54) is 13.0 Å². The van der Waals surface area contributed by atoms with E-state index in [0.29, 0.717) is 5.92 Å². The van der Waals surface area contributed by atoms with Crippen molar-refractivity contribution >= 4 is 11.2 Å². The van der Waals surface area contributed by atoms with Gasteiger partial charge in [-0.1, -0.05) is 0 Å². The van der Waals surface area contributed by atoms with Gasteiger partial charge in [0, 0.05) is 32.3 Å². The molecule has 5 heteroatoms. The Hall–Kier alpha value is -1.46. The molecule has 0 saturated carbocycles. The fraction of sp³-hybridized carbons (Fsp3) is 0.600. The highest BCUT2D eigenvalue weighted by atomic mass is 16.3. The van der Waals surface area contributed by atoms with E-state index in [1.54, 1.807) is 0 Å². The Morgan fingerprint density at radius 3 is 3.10 bits per heavy atom. The van der Waals surface area contributed by atoms with Gasteiger partial charge < -0.3 is 14.6 Å². The molecule has 0 radical (unpaired) electrons. The molecule has 1 atom stereocenters. The number of rotatable bonds is 5. The molecule has 3 rings (SSSR count). The minimum atomic E-state index is 0.206. The fourth-order valence-electron chi connectivity index (χ4n) is 3.08. The molecule has 5 nitrogen and oxygen atoms in total. The maximum atomic E-state index is 9.09. The van der Waals surface area contributed by atoms with Crippen LogP contribution in [0.3, 0.4) is 0 Å². The zero-order valence-electron chi connectivity index (χ0n) is 12.0. The Kier molecular flexibility index (Phi) is 3.98. The number of aryl methyl sites for hydroxylation is 1. The number of aliphatic hydroxyl groups excluding tert-OH is 1. The van der Waals surface area contributed by atoms with Gasteiger partial charge in [0.1, 0.15) is 11.3 Å². The SMILES string of the molecule is CN1CCC(Cc2nc3cccnc3n2CCCO)C1. The number of pyridine rings is 1. The molecule has 0 aliphatic carbocycles. The Balaban J connectivity index is 1.87. The minimum Gasteiger partial charge on any atom is -0.396 e. The van der Waals surface area contributed by atoms with Crippen LogP contribution >= 0.6 is 0 Å². The monoisotopic (exact) mass is 274 g/mol. The van der Waals surface area contributed by atoms with E-state index in [-0.39, 0.29) is 6.61 Å².